The molecule has 0 fully saturated rings. The number of benzene rings is 3. The quantitative estimate of drug-likeness (QED) is 0.455. The van der Waals surface area contributed by atoms with Crippen LogP contribution in [0.3, 0.4) is 0 Å². The van der Waals surface area contributed by atoms with E-state index in [1.165, 1.54) is 0 Å². The second-order valence-electron chi connectivity index (χ2n) is 6.38. The lowest BCUT2D eigenvalue weighted by Gasteiger charge is -2.20. The maximum atomic E-state index is 14.5. The maximum absolute atomic E-state index is 14.5. The van der Waals surface area contributed by atoms with Gasteiger partial charge in [-0.15, -0.1) is 0 Å². The first-order chi connectivity index (χ1) is 13.0. The van der Waals surface area contributed by atoms with Crippen LogP contribution in [0.15, 0.2) is 94.2 Å². The molecule has 27 heavy (non-hydrogen) atoms. The molecule has 5 heteroatoms. The number of rotatable bonds is 3. The predicted molar refractivity (Wildman–Crippen MR) is 116 cm³/mol. The van der Waals surface area contributed by atoms with Crippen LogP contribution < -0.4 is 21.5 Å². The Morgan fingerprint density at radius 3 is 1.93 bits per heavy atom. The highest BCUT2D eigenvalue weighted by Gasteiger charge is 2.33. The van der Waals surface area contributed by atoms with Gasteiger partial charge in [0.25, 0.3) is 5.56 Å². The lowest BCUT2D eigenvalue weighted by atomic mass is 10.2. The highest BCUT2D eigenvalue weighted by molar-refractivity contribution is 9.10. The smallest absolute Gasteiger partial charge is 0.262 e. The van der Waals surface area contributed by atoms with Crippen LogP contribution in [0.5, 0.6) is 0 Å². The number of fused-ring (bicyclic) bond motifs is 1. The summed E-state index contributed by atoms with van der Waals surface area (Å²) in [5.41, 5.74) is 0.570. The second-order valence-corrected chi connectivity index (χ2v) is 10.0. The first-order valence-corrected chi connectivity index (χ1v) is 11.0. The molecule has 0 amide bonds. The molecule has 0 saturated heterocycles. The van der Waals surface area contributed by atoms with Crippen LogP contribution in [-0.2, 0) is 11.6 Å². The van der Waals surface area contributed by atoms with Gasteiger partial charge in [-0.25, -0.2) is 0 Å². The predicted octanol–water partition coefficient (Wildman–Crippen LogP) is 3.94. The van der Waals surface area contributed by atoms with Crippen LogP contribution in [0.2, 0.25) is 0 Å². The van der Waals surface area contributed by atoms with E-state index in [2.05, 4.69) is 15.9 Å². The van der Waals surface area contributed by atoms with Crippen molar-refractivity contribution in [1.82, 2.24) is 4.57 Å². The number of hydrogen-bond acceptors (Lipinski definition) is 2. The van der Waals surface area contributed by atoms with E-state index in [1.54, 1.807) is 17.7 Å². The van der Waals surface area contributed by atoms with Crippen molar-refractivity contribution in [3.05, 3.63) is 99.8 Å². The van der Waals surface area contributed by atoms with Crippen molar-refractivity contribution in [3.63, 3.8) is 0 Å². The third kappa shape index (κ3) is 2.99. The minimum atomic E-state index is -3.31. The van der Waals surface area contributed by atoms with E-state index in [-0.39, 0.29) is 5.56 Å². The molecule has 0 bridgehead atoms. The highest BCUT2D eigenvalue weighted by atomic mass is 79.9. The van der Waals surface area contributed by atoms with Crippen molar-refractivity contribution >= 4 is 49.9 Å². The lowest BCUT2D eigenvalue weighted by Crippen LogP contribution is -2.38. The summed E-state index contributed by atoms with van der Waals surface area (Å²) < 4.78 is 17.0. The summed E-state index contributed by atoms with van der Waals surface area (Å²) in [5, 5.41) is 2.51. The summed E-state index contributed by atoms with van der Waals surface area (Å²) >= 11 is 3.48. The SMILES string of the molecule is Cn1c(=O)c(P(=O)(c2ccccc2)c2ccccc2)cc2cc(Br)ccc21. The van der Waals surface area contributed by atoms with Crippen molar-refractivity contribution in [1.29, 1.82) is 0 Å². The van der Waals surface area contributed by atoms with Gasteiger partial charge < -0.3 is 9.13 Å². The summed E-state index contributed by atoms with van der Waals surface area (Å²) in [6.45, 7) is 0. The van der Waals surface area contributed by atoms with Gasteiger partial charge in [-0.3, -0.25) is 4.79 Å². The molecule has 134 valence electrons. The standard InChI is InChI=1S/C22H17BrNO2P/c1-24-20-13-12-17(23)14-16(20)15-21(22(24)25)27(26,18-8-4-2-5-9-18)19-10-6-3-7-11-19/h2-15H,1H3. The molecule has 0 spiro atoms. The molecule has 4 aromatic rings. The molecule has 1 aromatic heterocycles. The number of halogens is 1. The van der Waals surface area contributed by atoms with Crippen LogP contribution >= 0.6 is 23.1 Å². The fourth-order valence-corrected chi connectivity index (χ4v) is 6.52. The van der Waals surface area contributed by atoms with Crippen LogP contribution in [-0.4, -0.2) is 4.57 Å². The number of nitrogens with zero attached hydrogens (tertiary/aromatic N) is 1. The van der Waals surface area contributed by atoms with E-state index in [4.69, 9.17) is 0 Å². The Labute approximate surface area is 165 Å². The summed E-state index contributed by atoms with van der Waals surface area (Å²) in [6.07, 6.45) is 0. The number of aryl methyl sites for hydroxylation is 1. The Hall–Kier alpha value is -2.42. The Balaban J connectivity index is 2.13. The molecule has 3 aromatic carbocycles. The first kappa shape index (κ1) is 18.0. The molecular formula is C22H17BrNO2P. The molecule has 0 aliphatic rings. The molecule has 0 radical (unpaired) electrons. The number of aromatic nitrogens is 1. The van der Waals surface area contributed by atoms with Gasteiger partial charge in [0.2, 0.25) is 0 Å². The molecule has 0 unspecified atom stereocenters. The molecule has 4 rings (SSSR count). The van der Waals surface area contributed by atoms with Crippen LogP contribution in [0.4, 0.5) is 0 Å². The summed E-state index contributed by atoms with van der Waals surface area (Å²) in [7, 11) is -1.58. The zero-order valence-electron chi connectivity index (χ0n) is 14.7. The molecule has 0 aliphatic carbocycles. The zero-order valence-corrected chi connectivity index (χ0v) is 17.2. The zero-order chi connectivity index (χ0) is 19.0. The van der Waals surface area contributed by atoms with Gasteiger partial charge in [0.05, 0.1) is 10.8 Å². The average Bonchev–Trinajstić information content (AvgIpc) is 2.71. The molecular weight excluding hydrogens is 421 g/mol. The molecule has 0 atom stereocenters. The van der Waals surface area contributed by atoms with E-state index in [1.807, 2.05) is 78.9 Å². The topological polar surface area (TPSA) is 39.1 Å². The van der Waals surface area contributed by atoms with E-state index in [0.29, 0.717) is 15.9 Å². The minimum Gasteiger partial charge on any atom is -0.311 e. The highest BCUT2D eigenvalue weighted by Crippen LogP contribution is 2.41. The van der Waals surface area contributed by atoms with Gasteiger partial charge in [-0.2, -0.15) is 0 Å². The van der Waals surface area contributed by atoms with E-state index in [0.717, 1.165) is 15.4 Å². The van der Waals surface area contributed by atoms with Gasteiger partial charge in [-0.05, 0) is 24.3 Å². The molecule has 0 aliphatic heterocycles. The maximum Gasteiger partial charge on any atom is 0.262 e. The second kappa shape index (κ2) is 6.95. The van der Waals surface area contributed by atoms with Crippen molar-refractivity contribution in [2.45, 2.75) is 0 Å². The Morgan fingerprint density at radius 1 is 0.815 bits per heavy atom. The van der Waals surface area contributed by atoms with Crippen molar-refractivity contribution < 1.29 is 4.57 Å². The summed E-state index contributed by atoms with van der Waals surface area (Å²) in [6, 6.07) is 26.0. The van der Waals surface area contributed by atoms with Gasteiger partial charge in [0.15, 0.2) is 7.14 Å². The molecule has 3 nitrogen and oxygen atoms in total. The Morgan fingerprint density at radius 2 is 1.37 bits per heavy atom. The van der Waals surface area contributed by atoms with Crippen molar-refractivity contribution in [3.8, 4) is 0 Å². The summed E-state index contributed by atoms with van der Waals surface area (Å²) in [5.74, 6) is 0. The number of hydrogen-bond donors (Lipinski definition) is 0. The fraction of sp³-hybridized carbons (Fsp3) is 0.0455. The van der Waals surface area contributed by atoms with Gasteiger partial charge in [0.1, 0.15) is 0 Å². The third-order valence-electron chi connectivity index (χ3n) is 4.75. The van der Waals surface area contributed by atoms with Gasteiger partial charge >= 0.3 is 0 Å². The van der Waals surface area contributed by atoms with Crippen molar-refractivity contribution in [2.24, 2.45) is 7.05 Å². The minimum absolute atomic E-state index is 0.235. The van der Waals surface area contributed by atoms with Gasteiger partial charge in [0, 0.05) is 27.5 Å². The normalized spacial score (nSPS) is 11.6. The largest absolute Gasteiger partial charge is 0.311 e. The van der Waals surface area contributed by atoms with E-state index >= 15 is 0 Å². The lowest BCUT2D eigenvalue weighted by molar-refractivity contribution is 0.592. The molecule has 0 N–H and O–H groups in total. The number of pyridine rings is 1. The van der Waals surface area contributed by atoms with Gasteiger partial charge in [-0.1, -0.05) is 76.6 Å². The van der Waals surface area contributed by atoms with E-state index in [9.17, 15) is 9.36 Å². The van der Waals surface area contributed by atoms with Crippen molar-refractivity contribution in [2.75, 3.05) is 0 Å². The Kier molecular flexibility index (Phi) is 4.63. The van der Waals surface area contributed by atoms with Crippen LogP contribution in [0.1, 0.15) is 0 Å². The van der Waals surface area contributed by atoms with Crippen LogP contribution in [0, 0.1) is 0 Å². The third-order valence-corrected chi connectivity index (χ3v) is 8.29. The first-order valence-electron chi connectivity index (χ1n) is 8.53. The van der Waals surface area contributed by atoms with Crippen LogP contribution in [0.25, 0.3) is 10.9 Å². The molecule has 0 saturated carbocycles. The fourth-order valence-electron chi connectivity index (χ4n) is 3.37. The van der Waals surface area contributed by atoms with E-state index < -0.39 is 7.14 Å². The monoisotopic (exact) mass is 437 g/mol. The Bertz CT molecular complexity index is 1190. The average molecular weight is 438 g/mol. The molecule has 1 heterocycles. The summed E-state index contributed by atoms with van der Waals surface area (Å²) in [4.78, 5) is 13.2.